The van der Waals surface area contributed by atoms with Crippen LogP contribution in [0.5, 0.6) is 0 Å². The second kappa shape index (κ2) is 12.2. The number of thiophene rings is 2. The number of hydrogen-bond acceptors (Lipinski definition) is 9. The molecule has 0 unspecified atom stereocenters. The number of rotatable bonds is 11. The molecule has 2 N–H and O–H groups in total. The third kappa shape index (κ3) is 6.71. The number of benzene rings is 2. The van der Waals surface area contributed by atoms with Crippen LogP contribution in [-0.4, -0.2) is 44.0 Å². The van der Waals surface area contributed by atoms with Crippen LogP contribution in [0.1, 0.15) is 31.2 Å². The number of hydrogen-bond donors (Lipinski definition) is 2. The molecule has 0 atom stereocenters. The summed E-state index contributed by atoms with van der Waals surface area (Å²) in [4.78, 5) is 3.26. The molecule has 43 heavy (non-hydrogen) atoms. The molecule has 14 heteroatoms. The summed E-state index contributed by atoms with van der Waals surface area (Å²) >= 11 is 6.61. The lowest BCUT2D eigenvalue weighted by atomic mass is 10.1. The van der Waals surface area contributed by atoms with Crippen LogP contribution < -0.4 is 9.47 Å². The predicted molar refractivity (Wildman–Crippen MR) is 181 cm³/mol. The fraction of sp³-hybridized carbons (Fsp3) is 0.276. The van der Waals surface area contributed by atoms with E-state index in [2.05, 4.69) is 75.7 Å². The lowest BCUT2D eigenvalue weighted by Gasteiger charge is -2.21. The number of fused-ring (bicyclic) bond motifs is 6. The molecular weight excluding hydrogens is 665 g/mol. The zero-order valence-corrected chi connectivity index (χ0v) is 28.0. The first-order valence-corrected chi connectivity index (χ1v) is 20.2. The highest BCUT2D eigenvalue weighted by atomic mass is 32.2. The summed E-state index contributed by atoms with van der Waals surface area (Å²) in [7, 11) is -8.15. The first kappa shape index (κ1) is 30.7. The Kier molecular flexibility index (Phi) is 8.74. The molecule has 4 heterocycles. The minimum Gasteiger partial charge on any atom is -0.334 e. The van der Waals surface area contributed by atoms with Gasteiger partial charge in [0.05, 0.1) is 27.6 Å². The maximum atomic E-state index is 11.5. The summed E-state index contributed by atoms with van der Waals surface area (Å²) in [5.74, 6) is -0.621. The molecule has 3 aromatic heterocycles. The molecule has 2 aromatic carbocycles. The first-order chi connectivity index (χ1) is 20.5. The molecule has 0 spiro atoms. The molecule has 0 fully saturated rings. The van der Waals surface area contributed by atoms with Crippen molar-refractivity contribution in [3.05, 3.63) is 68.8 Å². The molecule has 0 saturated heterocycles. The van der Waals surface area contributed by atoms with Gasteiger partial charge in [0, 0.05) is 38.7 Å². The Morgan fingerprint density at radius 2 is 1.53 bits per heavy atom. The summed E-state index contributed by atoms with van der Waals surface area (Å²) in [6, 6.07) is 12.6. The second-order valence-electron chi connectivity index (χ2n) is 10.2. The smallest absolute Gasteiger partial charge is 0.265 e. The van der Waals surface area contributed by atoms with E-state index < -0.39 is 20.2 Å². The number of aromatic nitrogens is 1. The van der Waals surface area contributed by atoms with Crippen LogP contribution in [0.2, 0.25) is 0 Å². The number of thioether (sulfide) groups is 1. The maximum absolute atomic E-state index is 11.5. The summed E-state index contributed by atoms with van der Waals surface area (Å²) in [5, 5.41) is 8.31. The lowest BCUT2D eigenvalue weighted by molar-refractivity contribution is -0.667. The predicted octanol–water partition coefficient (Wildman–Crippen LogP) is 7.42. The topological polar surface area (TPSA) is 116 Å². The van der Waals surface area contributed by atoms with E-state index in [1.807, 2.05) is 0 Å². The Labute approximate surface area is 266 Å². The van der Waals surface area contributed by atoms with Gasteiger partial charge in [0.1, 0.15) is 4.70 Å². The van der Waals surface area contributed by atoms with Crippen LogP contribution in [0.25, 0.3) is 36.5 Å². The Morgan fingerprint density at radius 3 is 2.26 bits per heavy atom. The molecule has 226 valence electrons. The van der Waals surface area contributed by atoms with Gasteiger partial charge < -0.3 is 4.90 Å². The molecule has 6 rings (SSSR count). The zero-order valence-electron chi connectivity index (χ0n) is 23.1. The Balaban J connectivity index is 1.42. The van der Waals surface area contributed by atoms with Crippen LogP contribution in [0.4, 0.5) is 5.69 Å². The van der Waals surface area contributed by atoms with Crippen LogP contribution in [0.3, 0.4) is 0 Å². The average molecular weight is 694 g/mol. The number of aryl methyl sites for hydroxylation is 1. The van der Waals surface area contributed by atoms with Crippen molar-refractivity contribution < 1.29 is 30.5 Å². The number of anilines is 1. The van der Waals surface area contributed by atoms with Crippen molar-refractivity contribution >= 4 is 108 Å². The minimum absolute atomic E-state index is 0.280. The fourth-order valence-electron chi connectivity index (χ4n) is 5.33. The van der Waals surface area contributed by atoms with E-state index in [0.717, 1.165) is 63.0 Å². The molecule has 0 bridgehead atoms. The quantitative estimate of drug-likeness (QED) is 0.109. The standard InChI is InChI=1S/C29H28N2O6S6/c1-2-19(17-26-30(11-3-15-42(32,33)34)28-20-9-13-38-22(20)5-7-24(28)40-26)18-27-31(12-4-16-43(35,36)37)29-21-10-14-39-23(21)6-8-25(29)41-27/h5-10,13-14,17-18H,2-4,11-12,15-16H2,1H3,(H-,32,33,34,35,36,37)/p+1. The van der Waals surface area contributed by atoms with Gasteiger partial charge in [-0.3, -0.25) is 9.11 Å². The zero-order chi connectivity index (χ0) is 30.4. The van der Waals surface area contributed by atoms with E-state index >= 15 is 0 Å². The van der Waals surface area contributed by atoms with Gasteiger partial charge >= 0.3 is 0 Å². The summed E-state index contributed by atoms with van der Waals surface area (Å²) < 4.78 is 70.3. The van der Waals surface area contributed by atoms with Gasteiger partial charge in [0.2, 0.25) is 5.52 Å². The van der Waals surface area contributed by atoms with Crippen molar-refractivity contribution in [1.82, 2.24) is 0 Å². The molecule has 5 aromatic rings. The fourth-order valence-corrected chi connectivity index (χ4v) is 10.3. The molecule has 0 amide bonds. The summed E-state index contributed by atoms with van der Waals surface area (Å²) in [6.07, 6.45) is 5.58. The van der Waals surface area contributed by atoms with E-state index in [1.54, 1.807) is 45.8 Å². The molecule has 1 aliphatic rings. The van der Waals surface area contributed by atoms with Crippen molar-refractivity contribution in [3.8, 4) is 0 Å². The van der Waals surface area contributed by atoms with Crippen molar-refractivity contribution in [3.63, 3.8) is 0 Å². The summed E-state index contributed by atoms with van der Waals surface area (Å²) in [6.45, 7) is 2.96. The number of allylic oxidation sites excluding steroid dienone is 2. The molecule has 1 aliphatic heterocycles. The Hall–Kier alpha value is -2.30. The van der Waals surface area contributed by atoms with Gasteiger partial charge in [-0.2, -0.15) is 21.4 Å². The van der Waals surface area contributed by atoms with Crippen molar-refractivity contribution in [2.24, 2.45) is 0 Å². The second-order valence-corrected chi connectivity index (χ2v) is 17.3. The Bertz CT molecular complexity index is 2120. The van der Waals surface area contributed by atoms with Crippen molar-refractivity contribution in [2.75, 3.05) is 23.0 Å². The van der Waals surface area contributed by atoms with Crippen LogP contribution >= 0.6 is 45.8 Å². The third-order valence-electron chi connectivity index (χ3n) is 7.23. The van der Waals surface area contributed by atoms with Crippen molar-refractivity contribution in [1.29, 1.82) is 0 Å². The maximum Gasteiger partial charge on any atom is 0.265 e. The Morgan fingerprint density at radius 1 is 0.884 bits per heavy atom. The van der Waals surface area contributed by atoms with Gasteiger partial charge in [-0.05, 0) is 71.6 Å². The monoisotopic (exact) mass is 693 g/mol. The summed E-state index contributed by atoms with van der Waals surface area (Å²) in [5.41, 5.74) is 3.18. The minimum atomic E-state index is -4.07. The number of thiazole rings is 1. The molecular formula is C29H29N2O6S6+. The van der Waals surface area contributed by atoms with Gasteiger partial charge in [-0.1, -0.05) is 30.0 Å². The van der Waals surface area contributed by atoms with E-state index in [9.17, 15) is 25.9 Å². The normalized spacial score (nSPS) is 15.5. The van der Waals surface area contributed by atoms with Gasteiger partial charge in [-0.25, -0.2) is 0 Å². The molecule has 0 radical (unpaired) electrons. The largest absolute Gasteiger partial charge is 0.334 e. The van der Waals surface area contributed by atoms with E-state index in [0.29, 0.717) is 13.1 Å². The highest BCUT2D eigenvalue weighted by Crippen LogP contribution is 2.50. The highest BCUT2D eigenvalue weighted by molar-refractivity contribution is 8.03. The van der Waals surface area contributed by atoms with Crippen LogP contribution in [0.15, 0.2) is 68.7 Å². The molecule has 8 nitrogen and oxygen atoms in total. The highest BCUT2D eigenvalue weighted by Gasteiger charge is 2.28. The first-order valence-electron chi connectivity index (χ1n) is 13.6. The van der Waals surface area contributed by atoms with E-state index in [1.165, 1.54) is 0 Å². The van der Waals surface area contributed by atoms with E-state index in [4.69, 9.17) is 0 Å². The molecule has 0 aliphatic carbocycles. The van der Waals surface area contributed by atoms with E-state index in [-0.39, 0.29) is 24.3 Å². The number of nitrogens with zero attached hydrogens (tertiary/aromatic N) is 2. The third-order valence-corrected chi connectivity index (χ3v) is 12.8. The van der Waals surface area contributed by atoms with Crippen LogP contribution in [-0.2, 0) is 26.8 Å². The van der Waals surface area contributed by atoms with Crippen LogP contribution in [0, 0.1) is 0 Å². The van der Waals surface area contributed by atoms with Gasteiger partial charge in [0.25, 0.3) is 25.2 Å². The average Bonchev–Trinajstić information content (AvgIpc) is 3.71. The lowest BCUT2D eigenvalue weighted by Crippen LogP contribution is -2.36. The molecule has 0 saturated carbocycles. The van der Waals surface area contributed by atoms with Gasteiger partial charge in [0.15, 0.2) is 6.54 Å². The van der Waals surface area contributed by atoms with Crippen molar-refractivity contribution in [2.45, 2.75) is 37.6 Å². The van der Waals surface area contributed by atoms with Gasteiger partial charge in [-0.15, -0.1) is 22.7 Å². The SMILES string of the molecule is CCC(=C\c1sc2ccc3sccc3c2[n+]1CCCS(=O)(=O)O)/C=C1/Sc2ccc3sccc3c2N1CCCS(=O)(=O)O.